The van der Waals surface area contributed by atoms with Crippen molar-refractivity contribution >= 4 is 6.08 Å². The molecule has 0 bridgehead atoms. The van der Waals surface area contributed by atoms with Crippen molar-refractivity contribution in [1.82, 2.24) is 4.98 Å². The van der Waals surface area contributed by atoms with Crippen LogP contribution in [0.3, 0.4) is 0 Å². The Morgan fingerprint density at radius 1 is 1.50 bits per heavy atom. The van der Waals surface area contributed by atoms with Gasteiger partial charge in [0.25, 0.3) is 0 Å². The van der Waals surface area contributed by atoms with Gasteiger partial charge in [0.1, 0.15) is 0 Å². The summed E-state index contributed by atoms with van der Waals surface area (Å²) in [5.41, 5.74) is 6.76. The molecule has 1 aromatic rings. The van der Waals surface area contributed by atoms with Gasteiger partial charge >= 0.3 is 0 Å². The Hall–Kier alpha value is -1.15. The predicted molar refractivity (Wildman–Crippen MR) is 51.5 cm³/mol. The van der Waals surface area contributed by atoms with Gasteiger partial charge in [0.05, 0.1) is 0 Å². The number of nitrogens with two attached hydrogens (primary N) is 1. The minimum absolute atomic E-state index is 0.239. The van der Waals surface area contributed by atoms with Gasteiger partial charge in [-0.3, -0.25) is 4.98 Å². The van der Waals surface area contributed by atoms with Crippen molar-refractivity contribution in [3.8, 4) is 0 Å². The van der Waals surface area contributed by atoms with Crippen LogP contribution in [0.1, 0.15) is 18.9 Å². The Bertz CT molecular complexity index is 239. The smallest absolute Gasteiger partial charge is 0.0273 e. The first-order valence-electron chi connectivity index (χ1n) is 4.11. The van der Waals surface area contributed by atoms with E-state index < -0.39 is 0 Å². The van der Waals surface area contributed by atoms with Crippen LogP contribution in [0.5, 0.6) is 0 Å². The third kappa shape index (κ3) is 3.30. The highest BCUT2D eigenvalue weighted by atomic mass is 14.6. The average Bonchev–Trinajstić information content (AvgIpc) is 2.05. The van der Waals surface area contributed by atoms with E-state index in [1.54, 1.807) is 12.4 Å². The Balaban J connectivity index is 2.47. The molecule has 2 nitrogen and oxygen atoms in total. The number of hydrogen-bond donors (Lipinski definition) is 1. The maximum Gasteiger partial charge on any atom is 0.0273 e. The minimum Gasteiger partial charge on any atom is -0.328 e. The monoisotopic (exact) mass is 162 g/mol. The van der Waals surface area contributed by atoms with Crippen molar-refractivity contribution in [3.05, 3.63) is 36.2 Å². The topological polar surface area (TPSA) is 38.9 Å². The highest BCUT2D eigenvalue weighted by molar-refractivity contribution is 5.47. The third-order valence-corrected chi connectivity index (χ3v) is 1.52. The first-order chi connectivity index (χ1) is 5.79. The molecule has 0 fully saturated rings. The van der Waals surface area contributed by atoms with E-state index in [4.69, 9.17) is 5.73 Å². The van der Waals surface area contributed by atoms with E-state index in [0.717, 1.165) is 6.42 Å². The Kier molecular flexibility index (Phi) is 3.48. The van der Waals surface area contributed by atoms with Crippen molar-refractivity contribution in [2.45, 2.75) is 19.4 Å². The molecule has 0 radical (unpaired) electrons. The molecule has 0 aliphatic heterocycles. The number of pyridine rings is 1. The maximum atomic E-state index is 5.59. The van der Waals surface area contributed by atoms with E-state index in [1.807, 2.05) is 19.1 Å². The molecular formula is C10H14N2. The molecule has 0 aliphatic rings. The zero-order valence-corrected chi connectivity index (χ0v) is 7.27. The second-order valence-electron chi connectivity index (χ2n) is 2.90. The van der Waals surface area contributed by atoms with Crippen molar-refractivity contribution < 1.29 is 0 Å². The number of nitrogens with zero attached hydrogens (tertiary/aromatic N) is 1. The van der Waals surface area contributed by atoms with Crippen LogP contribution >= 0.6 is 0 Å². The van der Waals surface area contributed by atoms with Gasteiger partial charge in [-0.1, -0.05) is 12.2 Å². The second kappa shape index (κ2) is 4.67. The summed E-state index contributed by atoms with van der Waals surface area (Å²) in [5, 5.41) is 0. The molecule has 2 N–H and O–H groups in total. The van der Waals surface area contributed by atoms with E-state index in [2.05, 4.69) is 17.1 Å². The molecule has 2 heteroatoms. The third-order valence-electron chi connectivity index (χ3n) is 1.52. The molecule has 0 amide bonds. The fourth-order valence-corrected chi connectivity index (χ4v) is 0.893. The van der Waals surface area contributed by atoms with Crippen LogP contribution in [-0.2, 0) is 0 Å². The molecule has 0 spiro atoms. The van der Waals surface area contributed by atoms with Gasteiger partial charge in [-0.05, 0) is 31.0 Å². The molecule has 1 aromatic heterocycles. The first-order valence-corrected chi connectivity index (χ1v) is 4.11. The zero-order valence-electron chi connectivity index (χ0n) is 7.27. The average molecular weight is 162 g/mol. The van der Waals surface area contributed by atoms with Gasteiger partial charge in [-0.25, -0.2) is 0 Å². The van der Waals surface area contributed by atoms with Crippen LogP contribution in [0.25, 0.3) is 6.08 Å². The maximum absolute atomic E-state index is 5.59. The molecule has 1 atom stereocenters. The molecule has 0 saturated heterocycles. The first kappa shape index (κ1) is 8.94. The van der Waals surface area contributed by atoms with Crippen LogP contribution in [-0.4, -0.2) is 11.0 Å². The minimum atomic E-state index is 0.239. The quantitative estimate of drug-likeness (QED) is 0.736. The largest absolute Gasteiger partial charge is 0.328 e. The summed E-state index contributed by atoms with van der Waals surface area (Å²) in [6.45, 7) is 2.00. The fourth-order valence-electron chi connectivity index (χ4n) is 0.893. The lowest BCUT2D eigenvalue weighted by atomic mass is 10.2. The summed E-state index contributed by atoms with van der Waals surface area (Å²) < 4.78 is 0. The summed E-state index contributed by atoms with van der Waals surface area (Å²) in [6.07, 6.45) is 8.63. The van der Waals surface area contributed by atoms with Crippen molar-refractivity contribution in [2.24, 2.45) is 5.73 Å². The Morgan fingerprint density at radius 2 is 2.17 bits per heavy atom. The zero-order chi connectivity index (χ0) is 8.81. The molecule has 64 valence electrons. The lowest BCUT2D eigenvalue weighted by Gasteiger charge is -1.97. The predicted octanol–water partition coefficient (Wildman–Crippen LogP) is 1.83. The van der Waals surface area contributed by atoms with E-state index in [0.29, 0.717) is 0 Å². The summed E-state index contributed by atoms with van der Waals surface area (Å²) in [7, 11) is 0. The molecule has 0 aromatic carbocycles. The second-order valence-corrected chi connectivity index (χ2v) is 2.90. The van der Waals surface area contributed by atoms with E-state index in [-0.39, 0.29) is 6.04 Å². The van der Waals surface area contributed by atoms with Crippen LogP contribution < -0.4 is 5.73 Å². The molecule has 1 rings (SSSR count). The van der Waals surface area contributed by atoms with Crippen LogP contribution in [0, 0.1) is 0 Å². The number of hydrogen-bond acceptors (Lipinski definition) is 2. The SMILES string of the molecule is CC(N)C/C=C/c1ccncc1. The molecule has 1 heterocycles. The molecular weight excluding hydrogens is 148 g/mol. The Morgan fingerprint density at radius 3 is 2.75 bits per heavy atom. The van der Waals surface area contributed by atoms with Crippen LogP contribution in [0.15, 0.2) is 30.6 Å². The van der Waals surface area contributed by atoms with Crippen molar-refractivity contribution in [2.75, 3.05) is 0 Å². The summed E-state index contributed by atoms with van der Waals surface area (Å²) in [4.78, 5) is 3.93. The molecule has 12 heavy (non-hydrogen) atoms. The van der Waals surface area contributed by atoms with E-state index in [9.17, 15) is 0 Å². The fraction of sp³-hybridized carbons (Fsp3) is 0.300. The van der Waals surface area contributed by atoms with Gasteiger partial charge in [0.15, 0.2) is 0 Å². The number of rotatable bonds is 3. The lowest BCUT2D eigenvalue weighted by Crippen LogP contribution is -2.12. The van der Waals surface area contributed by atoms with Gasteiger partial charge in [0, 0.05) is 18.4 Å². The van der Waals surface area contributed by atoms with Gasteiger partial charge in [-0.15, -0.1) is 0 Å². The van der Waals surface area contributed by atoms with E-state index >= 15 is 0 Å². The molecule has 0 aliphatic carbocycles. The highest BCUT2D eigenvalue weighted by Crippen LogP contribution is 2.00. The van der Waals surface area contributed by atoms with Crippen molar-refractivity contribution in [3.63, 3.8) is 0 Å². The molecule has 1 unspecified atom stereocenters. The summed E-state index contributed by atoms with van der Waals surface area (Å²) in [6, 6.07) is 4.18. The van der Waals surface area contributed by atoms with E-state index in [1.165, 1.54) is 5.56 Å². The summed E-state index contributed by atoms with van der Waals surface area (Å²) in [5.74, 6) is 0. The van der Waals surface area contributed by atoms with Crippen LogP contribution in [0.2, 0.25) is 0 Å². The van der Waals surface area contributed by atoms with Crippen LogP contribution in [0.4, 0.5) is 0 Å². The van der Waals surface area contributed by atoms with Crippen molar-refractivity contribution in [1.29, 1.82) is 0 Å². The highest BCUT2D eigenvalue weighted by Gasteiger charge is 1.87. The number of aromatic nitrogens is 1. The normalized spacial score (nSPS) is 13.5. The van der Waals surface area contributed by atoms with Gasteiger partial charge < -0.3 is 5.73 Å². The van der Waals surface area contributed by atoms with Gasteiger partial charge in [0.2, 0.25) is 0 Å². The van der Waals surface area contributed by atoms with Gasteiger partial charge in [-0.2, -0.15) is 0 Å². The Labute approximate surface area is 73.1 Å². The molecule has 0 saturated carbocycles. The standard InChI is InChI=1S/C10H14N2/c1-9(11)3-2-4-10-5-7-12-8-6-10/h2,4-9H,3,11H2,1H3/b4-2+. The lowest BCUT2D eigenvalue weighted by molar-refractivity contribution is 0.759. The summed E-state index contributed by atoms with van der Waals surface area (Å²) >= 11 is 0.